The van der Waals surface area contributed by atoms with Crippen LogP contribution in [0.2, 0.25) is 0 Å². The third kappa shape index (κ3) is 3.42. The molecule has 0 saturated heterocycles. The van der Waals surface area contributed by atoms with Crippen molar-refractivity contribution in [2.45, 2.75) is 17.4 Å². The average molecular weight is 363 g/mol. The Hall–Kier alpha value is -2.36. The van der Waals surface area contributed by atoms with Crippen molar-refractivity contribution in [3.05, 3.63) is 54.1 Å². The molecule has 2 N–H and O–H groups in total. The van der Waals surface area contributed by atoms with Gasteiger partial charge in [0.25, 0.3) is 0 Å². The lowest BCUT2D eigenvalue weighted by molar-refractivity contribution is -0.137. The molecule has 124 valence electrons. The lowest BCUT2D eigenvalue weighted by Gasteiger charge is -2.17. The highest BCUT2D eigenvalue weighted by Crippen LogP contribution is 2.24. The van der Waals surface area contributed by atoms with Gasteiger partial charge in [-0.2, -0.15) is 8.75 Å². The van der Waals surface area contributed by atoms with Crippen molar-refractivity contribution in [3.8, 4) is 0 Å². The smallest absolute Gasteiger partial charge is 0.305 e. The van der Waals surface area contributed by atoms with Gasteiger partial charge in [-0.25, -0.2) is 13.1 Å². The van der Waals surface area contributed by atoms with Crippen molar-refractivity contribution in [3.63, 3.8) is 0 Å². The molecule has 0 saturated carbocycles. The Morgan fingerprint density at radius 2 is 1.88 bits per heavy atom. The summed E-state index contributed by atoms with van der Waals surface area (Å²) in [5, 5.41) is 9.10. The zero-order valence-electron chi connectivity index (χ0n) is 12.3. The number of benzene rings is 2. The normalized spacial score (nSPS) is 13.0. The van der Waals surface area contributed by atoms with Crippen LogP contribution in [0.5, 0.6) is 0 Å². The maximum absolute atomic E-state index is 12.7. The summed E-state index contributed by atoms with van der Waals surface area (Å²) in [7, 11) is -3.96. The number of rotatable bonds is 6. The first-order valence-corrected chi connectivity index (χ1v) is 9.19. The van der Waals surface area contributed by atoms with Gasteiger partial charge in [0.1, 0.15) is 15.9 Å². The number of aliphatic carboxylic acids is 1. The number of hydrogen-bond donors (Lipinski definition) is 2. The van der Waals surface area contributed by atoms with E-state index in [1.54, 1.807) is 42.5 Å². The lowest BCUT2D eigenvalue weighted by Crippen LogP contribution is -2.30. The van der Waals surface area contributed by atoms with Crippen molar-refractivity contribution in [2.75, 3.05) is 0 Å². The highest BCUT2D eigenvalue weighted by molar-refractivity contribution is 7.89. The van der Waals surface area contributed by atoms with Crippen molar-refractivity contribution in [1.29, 1.82) is 0 Å². The number of carboxylic acids is 1. The fourth-order valence-electron chi connectivity index (χ4n) is 2.34. The number of carbonyl (C=O) groups is 1. The van der Waals surface area contributed by atoms with Crippen LogP contribution >= 0.6 is 11.7 Å². The molecular formula is C15H13N3O4S2. The molecule has 0 unspecified atom stereocenters. The molecule has 9 heteroatoms. The Morgan fingerprint density at radius 3 is 2.58 bits per heavy atom. The van der Waals surface area contributed by atoms with Gasteiger partial charge >= 0.3 is 5.97 Å². The SMILES string of the molecule is O=C(O)C[C@H](NS(=O)(=O)c1cccc2nsnc12)c1ccccc1. The molecular weight excluding hydrogens is 350 g/mol. The molecule has 3 rings (SSSR count). The maximum Gasteiger partial charge on any atom is 0.305 e. The summed E-state index contributed by atoms with van der Waals surface area (Å²) in [6.45, 7) is 0. The molecule has 2 aromatic carbocycles. The molecule has 7 nitrogen and oxygen atoms in total. The predicted molar refractivity (Wildman–Crippen MR) is 89.2 cm³/mol. The van der Waals surface area contributed by atoms with E-state index in [0.29, 0.717) is 11.1 Å². The van der Waals surface area contributed by atoms with E-state index in [0.717, 1.165) is 11.7 Å². The summed E-state index contributed by atoms with van der Waals surface area (Å²) in [6, 6.07) is 12.4. The van der Waals surface area contributed by atoms with Gasteiger partial charge in [0.2, 0.25) is 10.0 Å². The standard InChI is InChI=1S/C15H13N3O4S2/c19-14(20)9-12(10-5-2-1-3-6-10)18-24(21,22)13-8-4-7-11-15(13)17-23-16-11/h1-8,12,18H,9H2,(H,19,20)/t12-/m0/s1. The van der Waals surface area contributed by atoms with Crippen LogP contribution in [0.4, 0.5) is 0 Å². The van der Waals surface area contributed by atoms with Gasteiger partial charge in [0.15, 0.2) is 0 Å². The van der Waals surface area contributed by atoms with E-state index in [4.69, 9.17) is 5.11 Å². The predicted octanol–water partition coefficient (Wildman–Crippen LogP) is 2.19. The van der Waals surface area contributed by atoms with E-state index in [9.17, 15) is 13.2 Å². The molecule has 0 aliphatic heterocycles. The molecule has 0 aliphatic carbocycles. The Morgan fingerprint density at radius 1 is 1.12 bits per heavy atom. The largest absolute Gasteiger partial charge is 0.481 e. The van der Waals surface area contributed by atoms with Crippen molar-refractivity contribution in [2.24, 2.45) is 0 Å². The fourth-order valence-corrected chi connectivity index (χ4v) is 4.33. The number of fused-ring (bicyclic) bond motifs is 1. The van der Waals surface area contributed by atoms with Crippen LogP contribution in [-0.4, -0.2) is 28.2 Å². The van der Waals surface area contributed by atoms with Gasteiger partial charge in [-0.1, -0.05) is 36.4 Å². The van der Waals surface area contributed by atoms with Crippen LogP contribution in [-0.2, 0) is 14.8 Å². The van der Waals surface area contributed by atoms with Gasteiger partial charge < -0.3 is 5.11 Å². The van der Waals surface area contributed by atoms with Gasteiger partial charge in [-0.3, -0.25) is 4.79 Å². The summed E-state index contributed by atoms with van der Waals surface area (Å²) < 4.78 is 36.0. The third-order valence-electron chi connectivity index (χ3n) is 3.42. The Balaban J connectivity index is 1.99. The first-order valence-electron chi connectivity index (χ1n) is 6.98. The number of hydrogen-bond acceptors (Lipinski definition) is 6. The first-order chi connectivity index (χ1) is 11.5. The highest BCUT2D eigenvalue weighted by atomic mass is 32.2. The molecule has 0 amide bonds. The summed E-state index contributed by atoms with van der Waals surface area (Å²) in [4.78, 5) is 11.1. The minimum absolute atomic E-state index is 0.0138. The van der Waals surface area contributed by atoms with Gasteiger partial charge in [0, 0.05) is 0 Å². The molecule has 1 aromatic heterocycles. The highest BCUT2D eigenvalue weighted by Gasteiger charge is 2.26. The molecule has 1 heterocycles. The minimum atomic E-state index is -3.96. The van der Waals surface area contributed by atoms with Crippen molar-refractivity contribution in [1.82, 2.24) is 13.5 Å². The van der Waals surface area contributed by atoms with E-state index in [1.807, 2.05) is 0 Å². The van der Waals surface area contributed by atoms with Crippen LogP contribution < -0.4 is 4.72 Å². The van der Waals surface area contributed by atoms with E-state index < -0.39 is 22.0 Å². The maximum atomic E-state index is 12.7. The Bertz CT molecular complexity index is 971. The van der Waals surface area contributed by atoms with Gasteiger partial charge in [-0.15, -0.1) is 0 Å². The summed E-state index contributed by atoms with van der Waals surface area (Å²) in [5.74, 6) is -1.10. The lowest BCUT2D eigenvalue weighted by atomic mass is 10.1. The summed E-state index contributed by atoms with van der Waals surface area (Å²) >= 11 is 0.923. The van der Waals surface area contributed by atoms with E-state index in [-0.39, 0.29) is 16.8 Å². The second-order valence-corrected chi connectivity index (χ2v) is 7.28. The molecule has 0 aliphatic rings. The van der Waals surface area contributed by atoms with Crippen LogP contribution in [0.1, 0.15) is 18.0 Å². The molecule has 3 aromatic rings. The molecule has 0 bridgehead atoms. The topological polar surface area (TPSA) is 109 Å². The van der Waals surface area contributed by atoms with E-state index in [1.165, 1.54) is 6.07 Å². The van der Waals surface area contributed by atoms with E-state index >= 15 is 0 Å². The first kappa shape index (κ1) is 16.5. The summed E-state index contributed by atoms with van der Waals surface area (Å²) in [6.07, 6.45) is -0.367. The fraction of sp³-hybridized carbons (Fsp3) is 0.133. The molecule has 24 heavy (non-hydrogen) atoms. The van der Waals surface area contributed by atoms with Crippen LogP contribution in [0, 0.1) is 0 Å². The number of nitrogens with one attached hydrogen (secondary N) is 1. The second-order valence-electron chi connectivity index (χ2n) is 5.07. The minimum Gasteiger partial charge on any atom is -0.481 e. The van der Waals surface area contributed by atoms with Crippen LogP contribution in [0.15, 0.2) is 53.4 Å². The third-order valence-corrected chi connectivity index (χ3v) is 5.46. The average Bonchev–Trinajstić information content (AvgIpc) is 3.02. The molecule has 0 spiro atoms. The number of sulfonamides is 1. The molecule has 1 atom stereocenters. The van der Waals surface area contributed by atoms with Gasteiger partial charge in [0.05, 0.1) is 24.2 Å². The number of carboxylic acid groups (broad SMARTS) is 1. The van der Waals surface area contributed by atoms with Crippen LogP contribution in [0.25, 0.3) is 11.0 Å². The monoisotopic (exact) mass is 363 g/mol. The second kappa shape index (κ2) is 6.63. The van der Waals surface area contributed by atoms with Crippen LogP contribution in [0.3, 0.4) is 0 Å². The zero-order chi connectivity index (χ0) is 17.2. The molecule has 0 fully saturated rings. The molecule has 0 radical (unpaired) electrons. The van der Waals surface area contributed by atoms with Crippen molar-refractivity contribution < 1.29 is 18.3 Å². The van der Waals surface area contributed by atoms with Crippen molar-refractivity contribution >= 4 is 38.8 Å². The Kier molecular flexibility index (Phi) is 4.56. The zero-order valence-corrected chi connectivity index (χ0v) is 13.9. The quantitative estimate of drug-likeness (QED) is 0.695. The Labute approximate surface area is 142 Å². The summed E-state index contributed by atoms with van der Waals surface area (Å²) in [5.41, 5.74) is 1.33. The van der Waals surface area contributed by atoms with Gasteiger partial charge in [-0.05, 0) is 17.7 Å². The number of nitrogens with zero attached hydrogens (tertiary/aromatic N) is 2. The van der Waals surface area contributed by atoms with E-state index in [2.05, 4.69) is 13.5 Å². The number of aromatic nitrogens is 2.